The second kappa shape index (κ2) is 13.6. The normalized spacial score (nSPS) is 21.4. The van der Waals surface area contributed by atoms with Crippen LogP contribution in [0.4, 0.5) is 11.6 Å². The highest BCUT2D eigenvalue weighted by molar-refractivity contribution is 5.76. The molecule has 10 heteroatoms. The maximum absolute atomic E-state index is 11.3. The standard InChI is InChI=1S/C31H44N6O4/c1-21-17-33-28(36-24-10-8-23(9-11-24)35-22(2)18-41-30(3,4)29(38)39)16-25(21)26-6-5-7-27(37-26)34-20-31(19-32)12-14-40-15-13-31/h5-7,16-17,22-24,35H,8-15,18,20H2,1-4H3,(H,33,36)(H,34,37)(H,38,39)/t22-,23?,24?/m1/s1. The number of aryl methyl sites for hydroxylation is 1. The Labute approximate surface area is 243 Å². The van der Waals surface area contributed by atoms with Crippen molar-refractivity contribution in [2.75, 3.05) is 37.0 Å². The number of ether oxygens (including phenoxy) is 2. The van der Waals surface area contributed by atoms with Gasteiger partial charge in [0.1, 0.15) is 11.6 Å². The Balaban J connectivity index is 1.30. The number of hydrogen-bond donors (Lipinski definition) is 4. The number of aromatic nitrogens is 2. The summed E-state index contributed by atoms with van der Waals surface area (Å²) in [6, 6.07) is 11.3. The fourth-order valence-electron chi connectivity index (χ4n) is 5.37. The van der Waals surface area contributed by atoms with Gasteiger partial charge in [-0.3, -0.25) is 0 Å². The van der Waals surface area contributed by atoms with Crippen LogP contribution in [0, 0.1) is 23.7 Å². The van der Waals surface area contributed by atoms with E-state index in [1.165, 1.54) is 0 Å². The van der Waals surface area contributed by atoms with Crippen molar-refractivity contribution in [3.8, 4) is 17.3 Å². The number of nitriles is 1. The first kappa shape index (κ1) is 30.7. The second-order valence-corrected chi connectivity index (χ2v) is 12.0. The van der Waals surface area contributed by atoms with E-state index in [2.05, 4.69) is 33.1 Å². The van der Waals surface area contributed by atoms with Crippen molar-refractivity contribution in [3.05, 3.63) is 36.0 Å². The third-order valence-electron chi connectivity index (χ3n) is 8.23. The lowest BCUT2D eigenvalue weighted by molar-refractivity contribution is -0.161. The molecule has 41 heavy (non-hydrogen) atoms. The van der Waals surface area contributed by atoms with Crippen LogP contribution in [0.25, 0.3) is 11.3 Å². The number of anilines is 2. The zero-order valence-corrected chi connectivity index (χ0v) is 24.7. The molecular formula is C31H44N6O4. The van der Waals surface area contributed by atoms with Crippen LogP contribution in [-0.2, 0) is 14.3 Å². The Morgan fingerprint density at radius 1 is 1.22 bits per heavy atom. The summed E-state index contributed by atoms with van der Waals surface area (Å²) in [5.41, 5.74) is 1.34. The predicted octanol–water partition coefficient (Wildman–Crippen LogP) is 4.77. The van der Waals surface area contributed by atoms with Gasteiger partial charge < -0.3 is 30.5 Å². The van der Waals surface area contributed by atoms with Gasteiger partial charge in [-0.25, -0.2) is 14.8 Å². The lowest BCUT2D eigenvalue weighted by Gasteiger charge is -2.32. The Hall–Kier alpha value is -3.26. The molecule has 0 amide bonds. The van der Waals surface area contributed by atoms with E-state index >= 15 is 0 Å². The van der Waals surface area contributed by atoms with Crippen molar-refractivity contribution >= 4 is 17.6 Å². The third-order valence-corrected chi connectivity index (χ3v) is 8.23. The van der Waals surface area contributed by atoms with Crippen molar-refractivity contribution in [1.82, 2.24) is 15.3 Å². The van der Waals surface area contributed by atoms with Crippen LogP contribution < -0.4 is 16.0 Å². The van der Waals surface area contributed by atoms with Gasteiger partial charge in [0, 0.05) is 49.6 Å². The van der Waals surface area contributed by atoms with E-state index in [1.54, 1.807) is 13.8 Å². The zero-order chi connectivity index (χ0) is 29.5. The number of nitrogens with one attached hydrogen (secondary N) is 3. The first-order valence-electron chi connectivity index (χ1n) is 14.7. The SMILES string of the molecule is Cc1cnc(NC2CCC(N[C@H](C)COC(C)(C)C(=O)O)CC2)cc1-c1cccc(NCC2(C#N)CCOCC2)n1. The first-order chi connectivity index (χ1) is 19.6. The van der Waals surface area contributed by atoms with Gasteiger partial charge in [0.25, 0.3) is 0 Å². The molecule has 1 aliphatic heterocycles. The molecule has 2 aromatic rings. The van der Waals surface area contributed by atoms with Crippen LogP contribution >= 0.6 is 0 Å². The maximum atomic E-state index is 11.3. The predicted molar refractivity (Wildman–Crippen MR) is 159 cm³/mol. The molecule has 3 heterocycles. The van der Waals surface area contributed by atoms with Gasteiger partial charge in [0.2, 0.25) is 0 Å². The summed E-state index contributed by atoms with van der Waals surface area (Å²) in [7, 11) is 0. The summed E-state index contributed by atoms with van der Waals surface area (Å²) < 4.78 is 11.1. The quantitative estimate of drug-likeness (QED) is 0.285. The van der Waals surface area contributed by atoms with E-state index in [1.807, 2.05) is 38.2 Å². The topological polar surface area (TPSA) is 141 Å². The van der Waals surface area contributed by atoms with Gasteiger partial charge in [-0.15, -0.1) is 0 Å². The van der Waals surface area contributed by atoms with Gasteiger partial charge in [-0.05, 0) is 90.0 Å². The zero-order valence-electron chi connectivity index (χ0n) is 24.7. The molecule has 0 aromatic carbocycles. The minimum Gasteiger partial charge on any atom is -0.479 e. The lowest BCUT2D eigenvalue weighted by atomic mass is 9.82. The molecule has 0 bridgehead atoms. The molecule has 222 valence electrons. The Morgan fingerprint density at radius 2 is 1.93 bits per heavy atom. The molecule has 2 aromatic heterocycles. The van der Waals surface area contributed by atoms with Gasteiger partial charge in [-0.2, -0.15) is 5.26 Å². The van der Waals surface area contributed by atoms with Crippen LogP contribution in [0.1, 0.15) is 64.9 Å². The molecule has 4 N–H and O–H groups in total. The summed E-state index contributed by atoms with van der Waals surface area (Å²) in [6.07, 6.45) is 7.42. The number of pyridine rings is 2. The summed E-state index contributed by atoms with van der Waals surface area (Å²) in [4.78, 5) is 20.8. The number of carbonyl (C=O) groups is 1. The van der Waals surface area contributed by atoms with E-state index < -0.39 is 17.0 Å². The number of carboxylic acid groups (broad SMARTS) is 1. The van der Waals surface area contributed by atoms with Gasteiger partial charge in [0.05, 0.1) is 23.8 Å². The Bertz CT molecular complexity index is 1220. The van der Waals surface area contributed by atoms with Crippen molar-refractivity contribution < 1.29 is 19.4 Å². The summed E-state index contributed by atoms with van der Waals surface area (Å²) in [5.74, 6) is 0.639. The molecule has 0 spiro atoms. The van der Waals surface area contributed by atoms with Crippen LogP contribution in [0.5, 0.6) is 0 Å². The van der Waals surface area contributed by atoms with Crippen LogP contribution in [-0.4, -0.2) is 71.1 Å². The first-order valence-corrected chi connectivity index (χ1v) is 14.7. The van der Waals surface area contributed by atoms with Crippen molar-refractivity contribution in [2.24, 2.45) is 5.41 Å². The molecular weight excluding hydrogens is 520 g/mol. The highest BCUT2D eigenvalue weighted by Crippen LogP contribution is 2.31. The number of hydrogen-bond acceptors (Lipinski definition) is 9. The molecule has 1 atom stereocenters. The summed E-state index contributed by atoms with van der Waals surface area (Å²) in [6.45, 7) is 9.37. The van der Waals surface area contributed by atoms with E-state index in [0.29, 0.717) is 38.4 Å². The van der Waals surface area contributed by atoms with E-state index in [4.69, 9.17) is 14.5 Å². The average Bonchev–Trinajstić information content (AvgIpc) is 2.97. The third kappa shape index (κ3) is 8.38. The Kier molecular flexibility index (Phi) is 10.2. The number of rotatable bonds is 12. The molecule has 1 aliphatic carbocycles. The molecule has 2 aliphatic rings. The lowest BCUT2D eigenvalue weighted by Crippen LogP contribution is -2.45. The second-order valence-electron chi connectivity index (χ2n) is 12.0. The van der Waals surface area contributed by atoms with Crippen molar-refractivity contribution in [3.63, 3.8) is 0 Å². The van der Waals surface area contributed by atoms with Gasteiger partial charge >= 0.3 is 5.97 Å². The highest BCUT2D eigenvalue weighted by atomic mass is 16.5. The smallest absolute Gasteiger partial charge is 0.335 e. The summed E-state index contributed by atoms with van der Waals surface area (Å²) in [5, 5.41) is 29.6. The minimum absolute atomic E-state index is 0.0735. The number of nitrogens with zero attached hydrogens (tertiary/aromatic N) is 3. The van der Waals surface area contributed by atoms with Gasteiger partial charge in [0.15, 0.2) is 5.60 Å². The maximum Gasteiger partial charge on any atom is 0.335 e. The largest absolute Gasteiger partial charge is 0.479 e. The number of aliphatic carboxylic acids is 1. The van der Waals surface area contributed by atoms with Crippen molar-refractivity contribution in [2.45, 2.75) is 89.9 Å². The molecule has 1 saturated carbocycles. The molecule has 2 fully saturated rings. The van der Waals surface area contributed by atoms with E-state index in [9.17, 15) is 15.2 Å². The number of carboxylic acids is 1. The minimum atomic E-state index is -1.18. The fourth-order valence-corrected chi connectivity index (χ4v) is 5.37. The molecule has 10 nitrogen and oxygen atoms in total. The van der Waals surface area contributed by atoms with Crippen LogP contribution in [0.15, 0.2) is 30.5 Å². The average molecular weight is 565 g/mol. The van der Waals surface area contributed by atoms with E-state index in [-0.39, 0.29) is 6.04 Å². The fraction of sp³-hybridized carbons (Fsp3) is 0.613. The molecule has 4 rings (SSSR count). The summed E-state index contributed by atoms with van der Waals surface area (Å²) >= 11 is 0. The van der Waals surface area contributed by atoms with Crippen molar-refractivity contribution in [1.29, 1.82) is 5.26 Å². The molecule has 1 saturated heterocycles. The highest BCUT2D eigenvalue weighted by Gasteiger charge is 2.33. The van der Waals surface area contributed by atoms with Crippen LogP contribution in [0.3, 0.4) is 0 Å². The Morgan fingerprint density at radius 3 is 2.61 bits per heavy atom. The molecule has 0 radical (unpaired) electrons. The van der Waals surface area contributed by atoms with E-state index in [0.717, 1.165) is 67.0 Å². The van der Waals surface area contributed by atoms with Crippen LogP contribution in [0.2, 0.25) is 0 Å². The molecule has 0 unspecified atom stereocenters. The van der Waals surface area contributed by atoms with Gasteiger partial charge in [-0.1, -0.05) is 6.07 Å². The monoisotopic (exact) mass is 564 g/mol.